The number of anilines is 1. The molecule has 1 saturated heterocycles. The maximum Gasteiger partial charge on any atom is 0.292 e. The molecule has 2 aliphatic heterocycles. The molecule has 2 aliphatic rings. The number of aryl methyl sites for hydroxylation is 1. The lowest BCUT2D eigenvalue weighted by Crippen LogP contribution is -3.17. The van der Waals surface area contributed by atoms with Crippen LogP contribution >= 0.6 is 0 Å². The number of quaternary nitrogens is 1. The number of hydrogen-bond donors (Lipinski definition) is 1. The van der Waals surface area contributed by atoms with Crippen molar-refractivity contribution in [1.82, 2.24) is 0 Å². The molecule has 2 aromatic rings. The van der Waals surface area contributed by atoms with Gasteiger partial charge in [0.05, 0.1) is 32.9 Å². The molecule has 1 N–H and O–H groups in total. The number of imide groups is 1. The lowest BCUT2D eigenvalue weighted by molar-refractivity contribution is -0.946. The number of carbonyl (C=O) groups excluding carboxylic acids is 2. The molecule has 1 fully saturated rings. The Morgan fingerprint density at radius 3 is 2.34 bits per heavy atom. The molecule has 29 heavy (non-hydrogen) atoms. The average Bonchev–Trinajstić information content (AvgIpc) is 3.02. The second-order valence-corrected chi connectivity index (χ2v) is 7.86. The molecule has 2 amide bonds. The summed E-state index contributed by atoms with van der Waals surface area (Å²) in [6.07, 6.45) is 1.08. The van der Waals surface area contributed by atoms with Crippen molar-refractivity contribution in [2.75, 3.05) is 25.7 Å². The van der Waals surface area contributed by atoms with Crippen LogP contribution in [0.25, 0.3) is 0 Å². The van der Waals surface area contributed by atoms with E-state index >= 15 is 0 Å². The summed E-state index contributed by atoms with van der Waals surface area (Å²) in [5.74, 6) is 1.18. The van der Waals surface area contributed by atoms with Gasteiger partial charge in [-0.2, -0.15) is 0 Å². The Labute approximate surface area is 171 Å². The Morgan fingerprint density at radius 2 is 1.69 bits per heavy atom. The van der Waals surface area contributed by atoms with Gasteiger partial charge in [0.2, 0.25) is 5.91 Å². The number of rotatable bonds is 4. The summed E-state index contributed by atoms with van der Waals surface area (Å²) in [6.45, 7) is 4.90. The molecule has 0 spiro atoms. The van der Waals surface area contributed by atoms with Crippen LogP contribution in [0.15, 0.2) is 36.4 Å². The molecule has 0 aromatic heterocycles. The van der Waals surface area contributed by atoms with Gasteiger partial charge in [-0.05, 0) is 43.7 Å². The van der Waals surface area contributed by atoms with Gasteiger partial charge in [-0.1, -0.05) is 17.7 Å². The Hall–Kier alpha value is -2.86. The number of methoxy groups -OCH3 is 2. The summed E-state index contributed by atoms with van der Waals surface area (Å²) in [4.78, 5) is 28.4. The average molecular weight is 395 g/mol. The zero-order valence-electron chi connectivity index (χ0n) is 17.3. The SMILES string of the molecule is COc1cc2c(cc1OC)[C@H](C)[NH+]([C@H]1CC(=O)N(c3ccc(C)cc3)C1=O)CC2. The number of carbonyl (C=O) groups is 2. The Kier molecular flexibility index (Phi) is 5.04. The highest BCUT2D eigenvalue weighted by atomic mass is 16.5. The van der Waals surface area contributed by atoms with Crippen molar-refractivity contribution in [2.45, 2.75) is 38.8 Å². The van der Waals surface area contributed by atoms with Crippen molar-refractivity contribution in [3.8, 4) is 11.5 Å². The quantitative estimate of drug-likeness (QED) is 0.803. The van der Waals surface area contributed by atoms with E-state index in [0.29, 0.717) is 11.4 Å². The van der Waals surface area contributed by atoms with Gasteiger partial charge < -0.3 is 14.4 Å². The number of benzene rings is 2. The molecule has 3 atom stereocenters. The van der Waals surface area contributed by atoms with Crippen LogP contribution < -0.4 is 19.3 Å². The molecule has 0 aliphatic carbocycles. The molecule has 2 heterocycles. The second-order valence-electron chi connectivity index (χ2n) is 7.86. The van der Waals surface area contributed by atoms with E-state index in [9.17, 15) is 9.59 Å². The first-order valence-corrected chi connectivity index (χ1v) is 9.98. The fourth-order valence-corrected chi connectivity index (χ4v) is 4.61. The minimum atomic E-state index is -0.361. The van der Waals surface area contributed by atoms with Crippen LogP contribution in [0.2, 0.25) is 0 Å². The molecule has 2 aromatic carbocycles. The number of fused-ring (bicyclic) bond motifs is 1. The standard InChI is InChI=1S/C23H26N2O4/c1-14-5-7-17(8-6-14)25-22(26)13-19(23(25)27)24-10-9-16-11-20(28-3)21(29-4)12-18(16)15(24)2/h5-8,11-12,15,19H,9-10,13H2,1-4H3/p+1/t15-,19-/m0/s1. The van der Waals surface area contributed by atoms with Crippen molar-refractivity contribution in [3.63, 3.8) is 0 Å². The lowest BCUT2D eigenvalue weighted by Gasteiger charge is -2.35. The number of nitrogens with one attached hydrogen (secondary N) is 1. The van der Waals surface area contributed by atoms with Crippen LogP contribution in [0.4, 0.5) is 5.69 Å². The third kappa shape index (κ3) is 3.27. The van der Waals surface area contributed by atoms with Crippen LogP contribution in [-0.2, 0) is 16.0 Å². The molecular formula is C23H27N2O4+. The van der Waals surface area contributed by atoms with Crippen LogP contribution in [-0.4, -0.2) is 38.6 Å². The maximum absolute atomic E-state index is 13.2. The van der Waals surface area contributed by atoms with Crippen molar-refractivity contribution in [3.05, 3.63) is 53.1 Å². The Balaban J connectivity index is 1.62. The fourth-order valence-electron chi connectivity index (χ4n) is 4.61. The Morgan fingerprint density at radius 1 is 1.03 bits per heavy atom. The maximum atomic E-state index is 13.2. The summed E-state index contributed by atoms with van der Waals surface area (Å²) in [5.41, 5.74) is 4.12. The van der Waals surface area contributed by atoms with Gasteiger partial charge in [-0.3, -0.25) is 9.59 Å². The molecule has 1 unspecified atom stereocenters. The monoisotopic (exact) mass is 395 g/mol. The summed E-state index contributed by atoms with van der Waals surface area (Å²) in [7, 11) is 3.26. The molecule has 6 heteroatoms. The van der Waals surface area contributed by atoms with Crippen molar-refractivity contribution < 1.29 is 24.0 Å². The molecule has 0 radical (unpaired) electrons. The molecular weight excluding hydrogens is 368 g/mol. The van der Waals surface area contributed by atoms with E-state index in [1.807, 2.05) is 43.3 Å². The van der Waals surface area contributed by atoms with Gasteiger partial charge in [0, 0.05) is 12.0 Å². The summed E-state index contributed by atoms with van der Waals surface area (Å²) in [5, 5.41) is 0. The zero-order valence-corrected chi connectivity index (χ0v) is 17.3. The van der Waals surface area contributed by atoms with Gasteiger partial charge in [0.15, 0.2) is 17.5 Å². The van der Waals surface area contributed by atoms with Gasteiger partial charge in [-0.25, -0.2) is 4.90 Å². The van der Waals surface area contributed by atoms with E-state index in [-0.39, 0.29) is 30.3 Å². The molecule has 6 nitrogen and oxygen atoms in total. The normalized spacial score (nSPS) is 23.9. The number of ether oxygens (including phenoxy) is 2. The van der Waals surface area contributed by atoms with Gasteiger partial charge >= 0.3 is 0 Å². The predicted octanol–water partition coefficient (Wildman–Crippen LogP) is 1.85. The molecule has 152 valence electrons. The summed E-state index contributed by atoms with van der Waals surface area (Å²) < 4.78 is 10.9. The fraction of sp³-hybridized carbons (Fsp3) is 0.391. The van der Waals surface area contributed by atoms with E-state index in [2.05, 4.69) is 6.92 Å². The van der Waals surface area contributed by atoms with Crippen molar-refractivity contribution in [2.24, 2.45) is 0 Å². The highest BCUT2D eigenvalue weighted by Gasteiger charge is 2.48. The molecule has 0 bridgehead atoms. The second kappa shape index (κ2) is 7.52. The molecule has 0 saturated carbocycles. The van der Waals surface area contributed by atoms with Gasteiger partial charge in [0.25, 0.3) is 5.91 Å². The van der Waals surface area contributed by atoms with E-state index in [1.165, 1.54) is 10.5 Å². The van der Waals surface area contributed by atoms with E-state index in [0.717, 1.165) is 34.7 Å². The van der Waals surface area contributed by atoms with Crippen LogP contribution in [0.5, 0.6) is 11.5 Å². The summed E-state index contributed by atoms with van der Waals surface area (Å²) >= 11 is 0. The van der Waals surface area contributed by atoms with Crippen LogP contribution in [0.1, 0.15) is 36.1 Å². The van der Waals surface area contributed by atoms with E-state index < -0.39 is 0 Å². The minimum absolute atomic E-state index is 0.0817. The third-order valence-corrected chi connectivity index (χ3v) is 6.24. The smallest absolute Gasteiger partial charge is 0.292 e. The summed E-state index contributed by atoms with van der Waals surface area (Å²) in [6, 6.07) is 11.3. The largest absolute Gasteiger partial charge is 0.493 e. The van der Waals surface area contributed by atoms with Gasteiger partial charge in [0.1, 0.15) is 6.04 Å². The number of hydrogen-bond acceptors (Lipinski definition) is 4. The lowest BCUT2D eigenvalue weighted by atomic mass is 9.91. The Bertz CT molecular complexity index is 954. The van der Waals surface area contributed by atoms with Crippen LogP contribution in [0, 0.1) is 6.92 Å². The van der Waals surface area contributed by atoms with Gasteiger partial charge in [-0.15, -0.1) is 0 Å². The highest BCUT2D eigenvalue weighted by Crippen LogP contribution is 2.34. The van der Waals surface area contributed by atoms with E-state index in [1.54, 1.807) is 14.2 Å². The topological polar surface area (TPSA) is 60.3 Å². The van der Waals surface area contributed by atoms with Crippen molar-refractivity contribution >= 4 is 17.5 Å². The predicted molar refractivity (Wildman–Crippen MR) is 110 cm³/mol. The van der Waals surface area contributed by atoms with Crippen molar-refractivity contribution in [1.29, 1.82) is 0 Å². The number of nitrogens with zero attached hydrogens (tertiary/aromatic N) is 1. The number of amides is 2. The first-order chi connectivity index (χ1) is 13.9. The van der Waals surface area contributed by atoms with Crippen LogP contribution in [0.3, 0.4) is 0 Å². The molecule has 4 rings (SSSR count). The minimum Gasteiger partial charge on any atom is -0.493 e. The zero-order chi connectivity index (χ0) is 20.7. The first kappa shape index (κ1) is 19.5. The van der Waals surface area contributed by atoms with E-state index in [4.69, 9.17) is 9.47 Å². The highest BCUT2D eigenvalue weighted by molar-refractivity contribution is 6.21. The third-order valence-electron chi connectivity index (χ3n) is 6.24. The first-order valence-electron chi connectivity index (χ1n) is 9.98.